The average Bonchev–Trinajstić information content (AvgIpc) is 2.94. The Kier molecular flexibility index (Phi) is 14.9. The minimum Gasteiger partial charge on any atom is -0.469 e. The first kappa shape index (κ1) is 38.9. The second-order valence-corrected chi connectivity index (χ2v) is 12.7. The number of ether oxygens (including phenoxy) is 1. The number of aryl methyl sites for hydroxylation is 3. The highest BCUT2D eigenvalue weighted by atomic mass is 35.5. The van der Waals surface area contributed by atoms with Crippen LogP contribution < -0.4 is 5.32 Å². The highest BCUT2D eigenvalue weighted by molar-refractivity contribution is 7.71. The minimum atomic E-state index is -4.54. The van der Waals surface area contributed by atoms with Crippen molar-refractivity contribution in [1.29, 1.82) is 0 Å². The number of benzene rings is 1. The molecule has 0 saturated heterocycles. The molecular weight excluding hydrogens is 637 g/mol. The summed E-state index contributed by atoms with van der Waals surface area (Å²) < 4.78 is 46.5. The predicted molar refractivity (Wildman–Crippen MR) is 180 cm³/mol. The van der Waals surface area contributed by atoms with Gasteiger partial charge in [-0.25, -0.2) is 4.98 Å². The summed E-state index contributed by atoms with van der Waals surface area (Å²) in [5.74, 6) is -0.773. The van der Waals surface area contributed by atoms with E-state index < -0.39 is 29.7 Å². The molecule has 2 aromatic heterocycles. The van der Waals surface area contributed by atoms with Crippen LogP contribution >= 0.6 is 23.8 Å². The normalized spacial score (nSPS) is 12.0. The first-order valence-electron chi connectivity index (χ1n) is 15.0. The van der Waals surface area contributed by atoms with Crippen LogP contribution in [0.2, 0.25) is 5.15 Å². The fourth-order valence-corrected chi connectivity index (χ4v) is 5.61. The molecule has 0 spiro atoms. The van der Waals surface area contributed by atoms with Crippen molar-refractivity contribution in [2.24, 2.45) is 5.92 Å². The van der Waals surface area contributed by atoms with Gasteiger partial charge in [0.05, 0.1) is 19.1 Å². The number of nitrogens with zero attached hydrogens (tertiary/aromatic N) is 3. The van der Waals surface area contributed by atoms with Gasteiger partial charge in [-0.15, -0.1) is 0 Å². The van der Waals surface area contributed by atoms with Gasteiger partial charge >= 0.3 is 12.1 Å². The lowest BCUT2D eigenvalue weighted by molar-refractivity contribution is -0.140. The number of methoxy groups -OCH3 is 1. The number of esters is 1. The standard InChI is InChI=1S/C20H30F3N3O3S.C14H14ClN/c1-13(2)10-16(19(28)24-8-6-18(27)29-5)26-12-14(7-9-25(3)4)15(11-17(26)30)20(21,22)23;1-9-6-10(2)14(11(3)7-9)12-4-5-16-13(15)8-12/h11-13,16H,6-10H2,1-5H3,(H,24,28);4-8H,1-3H3. The summed E-state index contributed by atoms with van der Waals surface area (Å²) in [6.45, 7) is 10.7. The van der Waals surface area contributed by atoms with Crippen molar-refractivity contribution in [1.82, 2.24) is 19.8 Å². The molecule has 0 aliphatic heterocycles. The van der Waals surface area contributed by atoms with E-state index in [4.69, 9.17) is 23.8 Å². The van der Waals surface area contributed by atoms with Gasteiger partial charge in [-0.2, -0.15) is 13.2 Å². The fraction of sp³-hybridized carbons (Fsp3) is 0.471. The number of carbonyl (C=O) groups is 2. The number of hydrogen-bond donors (Lipinski definition) is 1. The van der Waals surface area contributed by atoms with Gasteiger partial charge in [0.1, 0.15) is 15.8 Å². The lowest BCUT2D eigenvalue weighted by Crippen LogP contribution is -2.35. The molecule has 1 atom stereocenters. The van der Waals surface area contributed by atoms with E-state index in [0.717, 1.165) is 11.6 Å². The van der Waals surface area contributed by atoms with Crippen LogP contribution in [0.5, 0.6) is 0 Å². The number of amides is 1. The molecule has 3 aromatic rings. The summed E-state index contributed by atoms with van der Waals surface area (Å²) in [6.07, 6.45) is -0.890. The molecule has 46 heavy (non-hydrogen) atoms. The van der Waals surface area contributed by atoms with Crippen LogP contribution in [-0.2, 0) is 26.9 Å². The molecular formula is C34H44ClF3N4O3S. The predicted octanol–water partition coefficient (Wildman–Crippen LogP) is 7.93. The van der Waals surface area contributed by atoms with E-state index in [1.807, 2.05) is 26.0 Å². The maximum atomic E-state index is 13.5. The van der Waals surface area contributed by atoms with E-state index in [9.17, 15) is 22.8 Å². The van der Waals surface area contributed by atoms with E-state index >= 15 is 0 Å². The van der Waals surface area contributed by atoms with Gasteiger partial charge in [-0.05, 0) is 99.6 Å². The molecule has 0 aliphatic carbocycles. The topological polar surface area (TPSA) is 76.5 Å². The average molecular weight is 681 g/mol. The monoisotopic (exact) mass is 680 g/mol. The zero-order valence-electron chi connectivity index (χ0n) is 27.7. The Morgan fingerprint density at radius 3 is 2.26 bits per heavy atom. The van der Waals surface area contributed by atoms with Crippen molar-refractivity contribution < 1.29 is 27.5 Å². The lowest BCUT2D eigenvalue weighted by atomic mass is 9.95. The summed E-state index contributed by atoms with van der Waals surface area (Å²) in [7, 11) is 4.81. The van der Waals surface area contributed by atoms with Crippen molar-refractivity contribution in [2.75, 3.05) is 34.3 Å². The first-order valence-corrected chi connectivity index (χ1v) is 15.7. The van der Waals surface area contributed by atoms with Crippen LogP contribution in [0.3, 0.4) is 0 Å². The quantitative estimate of drug-likeness (QED) is 0.126. The van der Waals surface area contributed by atoms with Crippen molar-refractivity contribution in [3.8, 4) is 11.1 Å². The van der Waals surface area contributed by atoms with Crippen LogP contribution in [0, 0.1) is 31.3 Å². The molecule has 0 radical (unpaired) electrons. The van der Waals surface area contributed by atoms with Gasteiger partial charge in [0.15, 0.2) is 0 Å². The molecule has 7 nitrogen and oxygen atoms in total. The number of rotatable bonds is 11. The maximum absolute atomic E-state index is 13.5. The highest BCUT2D eigenvalue weighted by Gasteiger charge is 2.34. The van der Waals surface area contributed by atoms with E-state index in [1.54, 1.807) is 25.2 Å². The fourth-order valence-electron chi connectivity index (χ4n) is 5.14. The van der Waals surface area contributed by atoms with E-state index in [0.29, 0.717) is 18.1 Å². The number of likely N-dealkylation sites (N-methyl/N-ethyl adjacent to an activating group) is 1. The summed E-state index contributed by atoms with van der Waals surface area (Å²) >= 11 is 11.1. The van der Waals surface area contributed by atoms with Crippen LogP contribution in [0.25, 0.3) is 11.1 Å². The molecule has 1 unspecified atom stereocenters. The van der Waals surface area contributed by atoms with E-state index in [2.05, 4.69) is 47.9 Å². The number of carbonyl (C=O) groups excluding carboxylic acids is 2. The third-order valence-electron chi connectivity index (χ3n) is 7.18. The van der Waals surface area contributed by atoms with Crippen molar-refractivity contribution in [2.45, 2.75) is 66.1 Å². The molecule has 1 N–H and O–H groups in total. The Balaban J connectivity index is 0.000000383. The Labute approximate surface area is 280 Å². The summed E-state index contributed by atoms with van der Waals surface area (Å²) in [5, 5.41) is 3.20. The number of pyridine rings is 2. The molecule has 0 fully saturated rings. The van der Waals surface area contributed by atoms with Crippen molar-refractivity contribution in [3.05, 3.63) is 80.3 Å². The SMILES string of the molecule is COC(=O)CCNC(=O)C(CC(C)C)n1cc(CCN(C)C)c(C(F)(F)F)cc1=S.Cc1cc(C)c(-c2ccnc(Cl)c2)c(C)c1. The summed E-state index contributed by atoms with van der Waals surface area (Å²) in [4.78, 5) is 29.9. The second-order valence-electron chi connectivity index (χ2n) is 11.9. The van der Waals surface area contributed by atoms with Crippen LogP contribution in [0.15, 0.2) is 42.7 Å². The Hall–Kier alpha value is -3.28. The van der Waals surface area contributed by atoms with Gasteiger partial charge in [0.2, 0.25) is 5.91 Å². The van der Waals surface area contributed by atoms with Gasteiger partial charge in [0, 0.05) is 25.5 Å². The van der Waals surface area contributed by atoms with Crippen molar-refractivity contribution in [3.63, 3.8) is 0 Å². The highest BCUT2D eigenvalue weighted by Crippen LogP contribution is 2.34. The van der Waals surface area contributed by atoms with E-state index in [1.165, 1.54) is 40.1 Å². The Morgan fingerprint density at radius 1 is 1.11 bits per heavy atom. The third kappa shape index (κ3) is 11.8. The molecule has 0 saturated carbocycles. The first-order chi connectivity index (χ1) is 21.4. The summed E-state index contributed by atoms with van der Waals surface area (Å²) in [5.41, 5.74) is 5.55. The van der Waals surface area contributed by atoms with Gasteiger partial charge in [-0.3, -0.25) is 9.59 Å². The zero-order chi connectivity index (χ0) is 34.8. The van der Waals surface area contributed by atoms with Crippen LogP contribution in [-0.4, -0.2) is 60.6 Å². The molecule has 0 bridgehead atoms. The van der Waals surface area contributed by atoms with Gasteiger partial charge in [0.25, 0.3) is 0 Å². The smallest absolute Gasteiger partial charge is 0.416 e. The number of alkyl halides is 3. The number of halogens is 4. The minimum absolute atomic E-state index is 0.00311. The molecule has 3 rings (SSSR count). The Bertz CT molecular complexity index is 1530. The molecule has 2 heterocycles. The molecule has 0 aliphatic rings. The van der Waals surface area contributed by atoms with Gasteiger partial charge in [-0.1, -0.05) is 55.4 Å². The van der Waals surface area contributed by atoms with E-state index in [-0.39, 0.29) is 35.5 Å². The van der Waals surface area contributed by atoms with Crippen LogP contribution in [0.1, 0.15) is 60.5 Å². The largest absolute Gasteiger partial charge is 0.469 e. The number of hydrogen-bond acceptors (Lipinski definition) is 6. The van der Waals surface area contributed by atoms with Gasteiger partial charge < -0.3 is 19.5 Å². The van der Waals surface area contributed by atoms with Crippen LogP contribution in [0.4, 0.5) is 13.2 Å². The number of nitrogens with one attached hydrogen (secondary N) is 1. The molecule has 1 amide bonds. The molecule has 1 aromatic carbocycles. The third-order valence-corrected chi connectivity index (χ3v) is 7.71. The Morgan fingerprint density at radius 2 is 1.74 bits per heavy atom. The second kappa shape index (κ2) is 17.6. The number of aromatic nitrogens is 2. The maximum Gasteiger partial charge on any atom is 0.416 e. The zero-order valence-corrected chi connectivity index (χ0v) is 29.3. The molecule has 12 heteroatoms. The van der Waals surface area contributed by atoms with Crippen molar-refractivity contribution >= 4 is 35.7 Å². The summed E-state index contributed by atoms with van der Waals surface area (Å²) in [6, 6.07) is 8.43. The molecule has 252 valence electrons. The lowest BCUT2D eigenvalue weighted by Gasteiger charge is -2.25.